The van der Waals surface area contributed by atoms with E-state index in [4.69, 9.17) is 9.15 Å². The summed E-state index contributed by atoms with van der Waals surface area (Å²) in [6.45, 7) is -0.136. The van der Waals surface area contributed by atoms with E-state index in [0.717, 1.165) is 53.1 Å². The summed E-state index contributed by atoms with van der Waals surface area (Å²) in [6.07, 6.45) is 7.69. The van der Waals surface area contributed by atoms with E-state index in [2.05, 4.69) is 10.1 Å². The third-order valence-electron chi connectivity index (χ3n) is 6.71. The van der Waals surface area contributed by atoms with Crippen LogP contribution >= 0.6 is 11.3 Å². The van der Waals surface area contributed by atoms with Gasteiger partial charge in [-0.25, -0.2) is 9.99 Å². The van der Waals surface area contributed by atoms with Crippen molar-refractivity contribution in [1.82, 2.24) is 14.6 Å². The normalized spacial score (nSPS) is 17.5. The van der Waals surface area contributed by atoms with Crippen LogP contribution in [0.1, 0.15) is 47.1 Å². The van der Waals surface area contributed by atoms with Gasteiger partial charge in [0.2, 0.25) is 0 Å². The predicted octanol–water partition coefficient (Wildman–Crippen LogP) is 4.32. The standard InChI is InChI=1S/C26H24N4O4S/c1-33-17-10-8-16(9-11-17)19-13-20(21-6-4-12-34-21)30(28-19)23(31)14-29-15-27-25-24(26(29)32)18-5-2-3-7-22(18)35-25/h4,6,8-12,15,20H,2-3,5,7,13-14H2,1H3. The number of nitrogens with zero attached hydrogens (tertiary/aromatic N) is 4. The van der Waals surface area contributed by atoms with Crippen LogP contribution in [0.4, 0.5) is 0 Å². The molecule has 1 aromatic carbocycles. The first-order valence-electron chi connectivity index (χ1n) is 11.7. The van der Waals surface area contributed by atoms with Gasteiger partial charge in [-0.1, -0.05) is 0 Å². The molecular formula is C26H24N4O4S. The molecule has 1 atom stereocenters. The Labute approximate surface area is 205 Å². The zero-order valence-electron chi connectivity index (χ0n) is 19.3. The van der Waals surface area contributed by atoms with Gasteiger partial charge >= 0.3 is 0 Å². The smallest absolute Gasteiger partial charge is 0.263 e. The van der Waals surface area contributed by atoms with E-state index in [0.29, 0.717) is 17.6 Å². The van der Waals surface area contributed by atoms with Crippen molar-refractivity contribution in [3.63, 3.8) is 0 Å². The van der Waals surface area contributed by atoms with Gasteiger partial charge in [-0.3, -0.25) is 14.2 Å². The van der Waals surface area contributed by atoms with E-state index < -0.39 is 0 Å². The molecule has 0 N–H and O–H groups in total. The summed E-state index contributed by atoms with van der Waals surface area (Å²) in [5, 5.41) is 6.78. The second-order valence-electron chi connectivity index (χ2n) is 8.82. The minimum absolute atomic E-state index is 0.136. The zero-order chi connectivity index (χ0) is 23.9. The molecule has 0 spiro atoms. The van der Waals surface area contributed by atoms with Crippen molar-refractivity contribution in [2.75, 3.05) is 7.11 Å². The lowest BCUT2D eigenvalue weighted by Gasteiger charge is -2.20. The van der Waals surface area contributed by atoms with Crippen molar-refractivity contribution < 1.29 is 13.9 Å². The molecule has 2 aliphatic rings. The van der Waals surface area contributed by atoms with Crippen LogP contribution in [0.5, 0.6) is 5.75 Å². The third-order valence-corrected chi connectivity index (χ3v) is 7.91. The highest BCUT2D eigenvalue weighted by molar-refractivity contribution is 7.18. The van der Waals surface area contributed by atoms with Gasteiger partial charge < -0.3 is 9.15 Å². The number of amides is 1. The lowest BCUT2D eigenvalue weighted by Crippen LogP contribution is -2.34. The van der Waals surface area contributed by atoms with Gasteiger partial charge in [0.05, 0.1) is 30.8 Å². The molecule has 9 heteroatoms. The first kappa shape index (κ1) is 21.8. The van der Waals surface area contributed by atoms with E-state index in [9.17, 15) is 9.59 Å². The molecule has 1 unspecified atom stereocenters. The number of furan rings is 1. The van der Waals surface area contributed by atoms with E-state index in [1.165, 1.54) is 20.8 Å². The Morgan fingerprint density at radius 2 is 2.03 bits per heavy atom. The number of carbonyl (C=O) groups excluding carboxylic acids is 1. The summed E-state index contributed by atoms with van der Waals surface area (Å²) < 4.78 is 12.3. The molecule has 4 aromatic rings. The number of carbonyl (C=O) groups is 1. The Kier molecular flexibility index (Phi) is 5.49. The lowest BCUT2D eigenvalue weighted by molar-refractivity contribution is -0.134. The van der Waals surface area contributed by atoms with Crippen molar-refractivity contribution in [3.05, 3.63) is 81.1 Å². The first-order chi connectivity index (χ1) is 17.1. The van der Waals surface area contributed by atoms with Crippen LogP contribution in [-0.2, 0) is 24.2 Å². The molecule has 8 nitrogen and oxygen atoms in total. The number of rotatable bonds is 5. The van der Waals surface area contributed by atoms with Crippen LogP contribution in [0, 0.1) is 0 Å². The molecule has 0 radical (unpaired) electrons. The monoisotopic (exact) mass is 488 g/mol. The number of ether oxygens (including phenoxy) is 1. The first-order valence-corrected chi connectivity index (χ1v) is 12.5. The molecule has 0 bridgehead atoms. The summed E-state index contributed by atoms with van der Waals surface area (Å²) in [4.78, 5) is 33.4. The van der Waals surface area contributed by atoms with Crippen LogP contribution in [0.15, 0.2) is 63.3 Å². The summed E-state index contributed by atoms with van der Waals surface area (Å²) in [6, 6.07) is 10.8. The number of hydrogen-bond donors (Lipinski definition) is 0. The number of benzene rings is 1. The maximum atomic E-state index is 13.5. The fraction of sp³-hybridized carbons (Fsp3) is 0.308. The zero-order valence-corrected chi connectivity index (χ0v) is 20.1. The summed E-state index contributed by atoms with van der Waals surface area (Å²) in [5.41, 5.74) is 2.64. The van der Waals surface area contributed by atoms with Crippen molar-refractivity contribution >= 4 is 33.2 Å². The second kappa shape index (κ2) is 8.81. The maximum absolute atomic E-state index is 13.5. The van der Waals surface area contributed by atoms with Crippen LogP contribution in [0.2, 0.25) is 0 Å². The molecule has 1 aliphatic heterocycles. The average molecular weight is 489 g/mol. The van der Waals surface area contributed by atoms with E-state index in [-0.39, 0.29) is 24.1 Å². The molecule has 0 fully saturated rings. The van der Waals surface area contributed by atoms with Crippen molar-refractivity contribution in [2.45, 2.75) is 44.7 Å². The Morgan fingerprint density at radius 3 is 2.80 bits per heavy atom. The Hall–Kier alpha value is -3.72. The van der Waals surface area contributed by atoms with Gasteiger partial charge in [0, 0.05) is 11.3 Å². The summed E-state index contributed by atoms with van der Waals surface area (Å²) >= 11 is 1.60. The molecule has 178 valence electrons. The fourth-order valence-electron chi connectivity index (χ4n) is 4.91. The fourth-order valence-corrected chi connectivity index (χ4v) is 6.13. The second-order valence-corrected chi connectivity index (χ2v) is 9.90. The molecule has 1 aliphatic carbocycles. The number of methoxy groups -OCH3 is 1. The van der Waals surface area contributed by atoms with Crippen LogP contribution in [0.3, 0.4) is 0 Å². The largest absolute Gasteiger partial charge is 0.497 e. The molecule has 0 saturated heterocycles. The Morgan fingerprint density at radius 1 is 1.20 bits per heavy atom. The van der Waals surface area contributed by atoms with Gasteiger partial charge in [-0.05, 0) is 73.2 Å². The number of hydrogen-bond acceptors (Lipinski definition) is 7. The molecule has 4 heterocycles. The number of hydrazone groups is 1. The van der Waals surface area contributed by atoms with Crippen LogP contribution in [0.25, 0.3) is 10.2 Å². The Bertz CT molecular complexity index is 1480. The average Bonchev–Trinajstić information content (AvgIpc) is 3.63. The molecular weight excluding hydrogens is 464 g/mol. The van der Waals surface area contributed by atoms with Crippen LogP contribution in [-0.4, -0.2) is 33.3 Å². The summed E-state index contributed by atoms with van der Waals surface area (Å²) in [7, 11) is 1.62. The van der Waals surface area contributed by atoms with Gasteiger partial charge in [-0.2, -0.15) is 5.10 Å². The van der Waals surface area contributed by atoms with Crippen molar-refractivity contribution in [2.24, 2.45) is 5.10 Å². The predicted molar refractivity (Wildman–Crippen MR) is 133 cm³/mol. The Balaban J connectivity index is 1.33. The SMILES string of the molecule is COc1ccc(C2=NN(C(=O)Cn3cnc4sc5c(c4c3=O)CCCC5)C(c3ccco3)C2)cc1. The van der Waals surface area contributed by atoms with Gasteiger partial charge in [0.25, 0.3) is 11.5 Å². The number of aryl methyl sites for hydroxylation is 2. The molecule has 35 heavy (non-hydrogen) atoms. The van der Waals surface area contributed by atoms with Crippen molar-refractivity contribution in [3.8, 4) is 5.75 Å². The molecule has 3 aromatic heterocycles. The van der Waals surface area contributed by atoms with Gasteiger partial charge in [-0.15, -0.1) is 11.3 Å². The maximum Gasteiger partial charge on any atom is 0.263 e. The quantitative estimate of drug-likeness (QED) is 0.417. The third kappa shape index (κ3) is 3.85. The highest BCUT2D eigenvalue weighted by atomic mass is 32.1. The minimum atomic E-state index is -0.379. The van der Waals surface area contributed by atoms with Gasteiger partial charge in [0.1, 0.15) is 28.9 Å². The van der Waals surface area contributed by atoms with E-state index >= 15 is 0 Å². The number of aromatic nitrogens is 2. The minimum Gasteiger partial charge on any atom is -0.497 e. The topological polar surface area (TPSA) is 89.9 Å². The summed E-state index contributed by atoms with van der Waals surface area (Å²) in [5.74, 6) is 1.11. The molecule has 0 saturated carbocycles. The lowest BCUT2D eigenvalue weighted by atomic mass is 9.97. The van der Waals surface area contributed by atoms with Crippen LogP contribution < -0.4 is 10.3 Å². The molecule has 1 amide bonds. The van der Waals surface area contributed by atoms with E-state index in [1.807, 2.05) is 30.3 Å². The van der Waals surface area contributed by atoms with Crippen molar-refractivity contribution in [1.29, 1.82) is 0 Å². The number of thiophene rings is 1. The van der Waals surface area contributed by atoms with Gasteiger partial charge in [0.15, 0.2) is 0 Å². The number of fused-ring (bicyclic) bond motifs is 3. The molecule has 6 rings (SSSR count). The van der Waals surface area contributed by atoms with E-state index in [1.54, 1.807) is 30.8 Å². The highest BCUT2D eigenvalue weighted by Crippen LogP contribution is 2.35. The highest BCUT2D eigenvalue weighted by Gasteiger charge is 2.35.